The van der Waals surface area contributed by atoms with Gasteiger partial charge < -0.3 is 10.4 Å². The van der Waals surface area contributed by atoms with Gasteiger partial charge in [-0.05, 0) is 36.4 Å². The predicted molar refractivity (Wildman–Crippen MR) is 150 cm³/mol. The van der Waals surface area contributed by atoms with Gasteiger partial charge in [-0.25, -0.2) is 18.2 Å². The van der Waals surface area contributed by atoms with Crippen LogP contribution in [0.1, 0.15) is 42.0 Å². The molecule has 1 aliphatic carbocycles. The second-order valence-electron chi connectivity index (χ2n) is 10.4. The molecule has 3 unspecified atom stereocenters. The Morgan fingerprint density at radius 1 is 1.11 bits per heavy atom. The molecular weight excluding hydrogens is 601 g/mol. The van der Waals surface area contributed by atoms with E-state index >= 15 is 0 Å². The van der Waals surface area contributed by atoms with E-state index in [1.54, 1.807) is 12.1 Å². The Kier molecular flexibility index (Phi) is 8.28. The summed E-state index contributed by atoms with van der Waals surface area (Å²) in [5, 5.41) is 31.9. The van der Waals surface area contributed by atoms with Crippen LogP contribution in [-0.4, -0.2) is 51.9 Å². The number of anilines is 2. The fourth-order valence-corrected chi connectivity index (χ4v) is 5.55. The summed E-state index contributed by atoms with van der Waals surface area (Å²) >= 11 is 6.47. The Bertz CT molecular complexity index is 1730. The van der Waals surface area contributed by atoms with Crippen molar-refractivity contribution >= 4 is 40.8 Å². The fourth-order valence-electron chi connectivity index (χ4n) is 5.32. The molecule has 1 saturated heterocycles. The number of hydrogen-bond donors (Lipinski definition) is 2. The van der Waals surface area contributed by atoms with Crippen LogP contribution in [-0.2, 0) is 14.4 Å². The summed E-state index contributed by atoms with van der Waals surface area (Å²) in [4.78, 5) is 47.4. The summed E-state index contributed by atoms with van der Waals surface area (Å²) in [6.45, 7) is 0. The number of alkyl halides is 2. The SMILES string of the molecule is N#Cc1cc(F)cc(N(C(=O)C2CC(O)C(=O)N2c2cc(C#N)ccn2)C(C(=O)NC2CC(F)(F)C2)c2ccccc2Cl)c1. The van der Waals surface area contributed by atoms with Crippen LogP contribution in [0.5, 0.6) is 0 Å². The molecule has 3 amide bonds. The summed E-state index contributed by atoms with van der Waals surface area (Å²) in [7, 11) is 0. The van der Waals surface area contributed by atoms with Crippen LogP contribution in [0.25, 0.3) is 0 Å². The van der Waals surface area contributed by atoms with E-state index in [2.05, 4.69) is 10.3 Å². The minimum Gasteiger partial charge on any atom is -0.383 e. The standard InChI is InChI=1S/C30H22ClF3N6O4/c31-22-4-2-1-3-21(22)26(27(42)38-19-12-30(33,34)13-19)39(20-8-17(15-36)7-18(32)10-20)28(43)23-11-24(41)29(44)40(23)25-9-16(14-35)5-6-37-25/h1-10,19,23-24,26,41H,11-13H2,(H,38,42). The van der Waals surface area contributed by atoms with Crippen LogP contribution in [0.4, 0.5) is 24.7 Å². The highest BCUT2D eigenvalue weighted by Crippen LogP contribution is 2.40. The highest BCUT2D eigenvalue weighted by atomic mass is 35.5. The molecule has 1 saturated carbocycles. The summed E-state index contributed by atoms with van der Waals surface area (Å²) in [6, 6.07) is 10.9. The zero-order valence-corrected chi connectivity index (χ0v) is 23.4. The number of aliphatic hydroxyl groups is 1. The molecule has 0 bridgehead atoms. The van der Waals surface area contributed by atoms with Crippen LogP contribution in [0.2, 0.25) is 5.02 Å². The summed E-state index contributed by atoms with van der Waals surface area (Å²) in [5.74, 6) is -6.92. The third kappa shape index (κ3) is 5.93. The molecule has 2 fully saturated rings. The lowest BCUT2D eigenvalue weighted by atomic mass is 9.87. The zero-order chi connectivity index (χ0) is 31.8. The van der Waals surface area contributed by atoms with Crippen LogP contribution in [0, 0.1) is 28.5 Å². The van der Waals surface area contributed by atoms with Gasteiger partial charge in [-0.3, -0.25) is 24.2 Å². The van der Waals surface area contributed by atoms with E-state index in [0.717, 1.165) is 28.0 Å². The molecule has 2 aliphatic rings. The van der Waals surface area contributed by atoms with Crippen LogP contribution < -0.4 is 15.1 Å². The molecule has 2 heterocycles. The third-order valence-corrected chi connectivity index (χ3v) is 7.70. The Balaban J connectivity index is 1.67. The van der Waals surface area contributed by atoms with E-state index in [9.17, 15) is 43.2 Å². The lowest BCUT2D eigenvalue weighted by molar-refractivity contribution is -0.133. The van der Waals surface area contributed by atoms with E-state index in [-0.39, 0.29) is 33.2 Å². The Morgan fingerprint density at radius 2 is 1.82 bits per heavy atom. The molecule has 2 aromatic carbocycles. The molecule has 14 heteroatoms. The Labute approximate surface area is 253 Å². The van der Waals surface area contributed by atoms with Gasteiger partial charge in [-0.1, -0.05) is 29.8 Å². The van der Waals surface area contributed by atoms with Crippen molar-refractivity contribution in [2.75, 3.05) is 9.80 Å². The van der Waals surface area contributed by atoms with Gasteiger partial charge in [-0.15, -0.1) is 0 Å². The van der Waals surface area contributed by atoms with E-state index in [1.807, 2.05) is 6.07 Å². The number of hydrogen-bond acceptors (Lipinski definition) is 7. The summed E-state index contributed by atoms with van der Waals surface area (Å²) in [5.41, 5.74) is -0.354. The van der Waals surface area contributed by atoms with Gasteiger partial charge in [0.05, 0.1) is 23.3 Å². The van der Waals surface area contributed by atoms with Gasteiger partial charge in [0.2, 0.25) is 5.91 Å². The van der Waals surface area contributed by atoms with E-state index < -0.39 is 73.0 Å². The quantitative estimate of drug-likeness (QED) is 0.407. The van der Waals surface area contributed by atoms with E-state index in [4.69, 9.17) is 11.6 Å². The van der Waals surface area contributed by atoms with Crippen molar-refractivity contribution in [3.63, 3.8) is 0 Å². The first-order valence-corrected chi connectivity index (χ1v) is 13.6. The summed E-state index contributed by atoms with van der Waals surface area (Å²) < 4.78 is 42.1. The number of benzene rings is 2. The largest absolute Gasteiger partial charge is 0.383 e. The fraction of sp³-hybridized carbons (Fsp3) is 0.267. The number of aliphatic hydroxyl groups excluding tert-OH is 1. The van der Waals surface area contributed by atoms with Crippen LogP contribution in [0.3, 0.4) is 0 Å². The first kappa shape index (κ1) is 30.5. The average Bonchev–Trinajstić information content (AvgIpc) is 3.28. The first-order chi connectivity index (χ1) is 20.9. The number of rotatable bonds is 7. The van der Waals surface area contributed by atoms with E-state index in [1.165, 1.54) is 36.5 Å². The smallest absolute Gasteiger partial charge is 0.257 e. The van der Waals surface area contributed by atoms with Crippen LogP contribution >= 0.6 is 11.6 Å². The monoisotopic (exact) mass is 622 g/mol. The molecule has 1 aromatic heterocycles. The molecule has 224 valence electrons. The van der Waals surface area contributed by atoms with Crippen molar-refractivity contribution in [2.45, 2.75) is 49.4 Å². The number of amides is 3. The molecule has 10 nitrogen and oxygen atoms in total. The second kappa shape index (κ2) is 12.0. The number of nitriles is 2. The van der Waals surface area contributed by atoms with Gasteiger partial charge in [0.25, 0.3) is 17.7 Å². The normalized spacial score (nSPS) is 19.8. The third-order valence-electron chi connectivity index (χ3n) is 7.36. The van der Waals surface area contributed by atoms with Crippen molar-refractivity contribution in [2.24, 2.45) is 0 Å². The molecule has 1 aliphatic heterocycles. The highest BCUT2D eigenvalue weighted by Gasteiger charge is 2.50. The molecule has 3 aromatic rings. The van der Waals surface area contributed by atoms with Gasteiger partial charge >= 0.3 is 0 Å². The number of halogens is 4. The maximum atomic E-state index is 14.8. The number of carbonyl (C=O) groups excluding carboxylic acids is 3. The van der Waals surface area contributed by atoms with Crippen molar-refractivity contribution < 1.29 is 32.7 Å². The average molecular weight is 623 g/mol. The highest BCUT2D eigenvalue weighted by molar-refractivity contribution is 6.31. The molecule has 0 radical (unpaired) electrons. The van der Waals surface area contributed by atoms with Crippen molar-refractivity contribution in [1.82, 2.24) is 10.3 Å². The number of nitrogens with one attached hydrogen (secondary N) is 1. The molecule has 5 rings (SSSR count). The molecule has 0 spiro atoms. The zero-order valence-electron chi connectivity index (χ0n) is 22.6. The van der Waals surface area contributed by atoms with Gasteiger partial charge in [-0.2, -0.15) is 10.5 Å². The maximum absolute atomic E-state index is 14.8. The number of nitrogens with zero attached hydrogens (tertiary/aromatic N) is 5. The first-order valence-electron chi connectivity index (χ1n) is 13.3. The minimum atomic E-state index is -2.98. The number of pyridine rings is 1. The lowest BCUT2D eigenvalue weighted by Crippen LogP contribution is -2.56. The molecular formula is C30H22ClF3N6O4. The number of aromatic nitrogens is 1. The lowest BCUT2D eigenvalue weighted by Gasteiger charge is -2.39. The molecule has 3 atom stereocenters. The summed E-state index contributed by atoms with van der Waals surface area (Å²) in [6.07, 6.45) is -2.20. The van der Waals surface area contributed by atoms with Crippen LogP contribution in [0.15, 0.2) is 60.8 Å². The molecule has 2 N–H and O–H groups in total. The number of carbonyl (C=O) groups is 3. The maximum Gasteiger partial charge on any atom is 0.257 e. The predicted octanol–water partition coefficient (Wildman–Crippen LogP) is 3.77. The Morgan fingerprint density at radius 3 is 2.48 bits per heavy atom. The topological polar surface area (TPSA) is 150 Å². The second-order valence-corrected chi connectivity index (χ2v) is 10.8. The molecule has 44 heavy (non-hydrogen) atoms. The van der Waals surface area contributed by atoms with Gasteiger partial charge in [0, 0.05) is 47.8 Å². The van der Waals surface area contributed by atoms with Crippen molar-refractivity contribution in [3.8, 4) is 12.1 Å². The Hall–Kier alpha value is -4.98. The van der Waals surface area contributed by atoms with Gasteiger partial charge in [0.15, 0.2) is 0 Å². The van der Waals surface area contributed by atoms with E-state index in [0.29, 0.717) is 0 Å². The van der Waals surface area contributed by atoms with Gasteiger partial charge in [0.1, 0.15) is 29.8 Å². The van der Waals surface area contributed by atoms with Crippen molar-refractivity contribution in [3.05, 3.63) is 88.3 Å². The minimum absolute atomic E-state index is 0.00377. The van der Waals surface area contributed by atoms with Crippen molar-refractivity contribution in [1.29, 1.82) is 10.5 Å².